The van der Waals surface area contributed by atoms with Crippen LogP contribution < -0.4 is 4.90 Å². The van der Waals surface area contributed by atoms with E-state index in [1.54, 1.807) is 0 Å². The lowest BCUT2D eigenvalue weighted by Gasteiger charge is -2.30. The van der Waals surface area contributed by atoms with Gasteiger partial charge in [-0.05, 0) is 31.9 Å². The van der Waals surface area contributed by atoms with Gasteiger partial charge in [0.1, 0.15) is 0 Å². The van der Waals surface area contributed by atoms with Crippen LogP contribution in [0.3, 0.4) is 0 Å². The number of benzene rings is 1. The fraction of sp³-hybridized carbons (Fsp3) is 0.462. The lowest BCUT2D eigenvalue weighted by Crippen LogP contribution is -2.40. The van der Waals surface area contributed by atoms with Crippen LogP contribution in [0.5, 0.6) is 0 Å². The number of ether oxygens (including phenoxy) is 1. The number of hydrogen-bond acceptors (Lipinski definition) is 3. The maximum absolute atomic E-state index is 11.0. The smallest absolute Gasteiger partial charge is 0.304 e. The lowest BCUT2D eigenvalue weighted by molar-refractivity contribution is -0.145. The highest BCUT2D eigenvalue weighted by Crippen LogP contribution is 2.33. The summed E-state index contributed by atoms with van der Waals surface area (Å²) in [5.74, 6) is -0.232. The van der Waals surface area contributed by atoms with E-state index in [4.69, 9.17) is 4.74 Å². The van der Waals surface area contributed by atoms with Crippen LogP contribution in [0.1, 0.15) is 26.3 Å². The average molecular weight is 219 g/mol. The second-order valence-electron chi connectivity index (χ2n) is 4.30. The molecule has 0 saturated carbocycles. The fourth-order valence-corrected chi connectivity index (χ4v) is 2.44. The minimum atomic E-state index is -0.232. The van der Waals surface area contributed by atoms with Crippen LogP contribution in [-0.2, 0) is 16.0 Å². The van der Waals surface area contributed by atoms with Crippen LogP contribution in [0.25, 0.3) is 0 Å². The molecule has 86 valence electrons. The Morgan fingerprint density at radius 2 is 2.19 bits per heavy atom. The van der Waals surface area contributed by atoms with Crippen LogP contribution in [0.4, 0.5) is 5.69 Å². The lowest BCUT2D eigenvalue weighted by atomic mass is 10.1. The summed E-state index contributed by atoms with van der Waals surface area (Å²) in [6.07, 6.45) is 0.818. The molecule has 2 unspecified atom stereocenters. The molecule has 1 heterocycles. The van der Waals surface area contributed by atoms with E-state index in [-0.39, 0.29) is 12.2 Å². The average Bonchev–Trinajstić information content (AvgIpc) is 2.52. The summed E-state index contributed by atoms with van der Waals surface area (Å²) in [5.41, 5.74) is 2.51. The Kier molecular flexibility index (Phi) is 2.86. The molecule has 1 aliphatic heterocycles. The Morgan fingerprint density at radius 1 is 1.50 bits per heavy atom. The molecular formula is C13H17NO2. The molecule has 2 rings (SSSR count). The zero-order valence-electron chi connectivity index (χ0n) is 9.93. The second kappa shape index (κ2) is 4.16. The summed E-state index contributed by atoms with van der Waals surface area (Å²) in [4.78, 5) is 13.1. The highest BCUT2D eigenvalue weighted by atomic mass is 16.6. The Labute approximate surface area is 96.0 Å². The molecule has 1 aromatic rings. The highest BCUT2D eigenvalue weighted by Gasteiger charge is 2.30. The molecule has 1 aliphatic rings. The Hall–Kier alpha value is -1.51. The Balaban J connectivity index is 2.24. The molecule has 0 saturated heterocycles. The third-order valence-corrected chi connectivity index (χ3v) is 2.99. The van der Waals surface area contributed by atoms with Gasteiger partial charge in [-0.15, -0.1) is 0 Å². The van der Waals surface area contributed by atoms with Crippen molar-refractivity contribution in [3.8, 4) is 0 Å². The molecule has 2 atom stereocenters. The molecule has 0 amide bonds. The number of para-hydroxylation sites is 1. The zero-order chi connectivity index (χ0) is 11.7. The van der Waals surface area contributed by atoms with E-state index in [0.29, 0.717) is 6.04 Å². The highest BCUT2D eigenvalue weighted by molar-refractivity contribution is 5.67. The Bertz CT molecular complexity index is 403. The summed E-state index contributed by atoms with van der Waals surface area (Å²) < 4.78 is 5.25. The number of fused-ring (bicyclic) bond motifs is 1. The predicted molar refractivity (Wildman–Crippen MR) is 63.3 cm³/mol. The Morgan fingerprint density at radius 3 is 2.88 bits per heavy atom. The first-order chi connectivity index (χ1) is 7.59. The van der Waals surface area contributed by atoms with Gasteiger partial charge in [-0.3, -0.25) is 4.79 Å². The SMILES string of the molecule is CC(=O)OC(C)N1c2ccccc2CC1C. The van der Waals surface area contributed by atoms with Gasteiger partial charge < -0.3 is 9.64 Å². The van der Waals surface area contributed by atoms with Gasteiger partial charge in [0, 0.05) is 18.7 Å². The molecule has 0 spiro atoms. The number of esters is 1. The molecule has 3 heteroatoms. The quantitative estimate of drug-likeness (QED) is 0.715. The van der Waals surface area contributed by atoms with Crippen LogP contribution in [0.2, 0.25) is 0 Å². The first-order valence-electron chi connectivity index (χ1n) is 5.63. The number of carbonyl (C=O) groups is 1. The topological polar surface area (TPSA) is 29.5 Å². The fourth-order valence-electron chi connectivity index (χ4n) is 2.44. The summed E-state index contributed by atoms with van der Waals surface area (Å²) >= 11 is 0. The van der Waals surface area contributed by atoms with Crippen molar-refractivity contribution >= 4 is 11.7 Å². The molecule has 0 fully saturated rings. The van der Waals surface area contributed by atoms with Crippen molar-refractivity contribution in [2.75, 3.05) is 4.90 Å². The zero-order valence-corrected chi connectivity index (χ0v) is 9.93. The van der Waals surface area contributed by atoms with Crippen LogP contribution in [0, 0.1) is 0 Å². The first kappa shape index (κ1) is 11.0. The molecule has 1 aromatic carbocycles. The molecular weight excluding hydrogens is 202 g/mol. The minimum absolute atomic E-state index is 0.198. The molecule has 0 aromatic heterocycles. The number of anilines is 1. The summed E-state index contributed by atoms with van der Waals surface area (Å²) in [7, 11) is 0. The van der Waals surface area contributed by atoms with Crippen LogP contribution in [-0.4, -0.2) is 18.2 Å². The van der Waals surface area contributed by atoms with E-state index >= 15 is 0 Å². The van der Waals surface area contributed by atoms with E-state index in [0.717, 1.165) is 6.42 Å². The van der Waals surface area contributed by atoms with Gasteiger partial charge in [-0.2, -0.15) is 0 Å². The van der Waals surface area contributed by atoms with Gasteiger partial charge in [0.2, 0.25) is 0 Å². The molecule has 3 nitrogen and oxygen atoms in total. The maximum Gasteiger partial charge on any atom is 0.304 e. The third-order valence-electron chi connectivity index (χ3n) is 2.99. The molecule has 0 radical (unpaired) electrons. The summed E-state index contributed by atoms with van der Waals surface area (Å²) in [5, 5.41) is 0. The van der Waals surface area contributed by atoms with Crippen LogP contribution in [0.15, 0.2) is 24.3 Å². The maximum atomic E-state index is 11.0. The van der Waals surface area contributed by atoms with Crippen molar-refractivity contribution in [2.24, 2.45) is 0 Å². The van der Waals surface area contributed by atoms with Gasteiger partial charge in [0.15, 0.2) is 6.23 Å². The van der Waals surface area contributed by atoms with Gasteiger partial charge in [-0.1, -0.05) is 18.2 Å². The van der Waals surface area contributed by atoms with Crippen molar-refractivity contribution in [1.29, 1.82) is 0 Å². The molecule has 16 heavy (non-hydrogen) atoms. The summed E-state index contributed by atoms with van der Waals surface area (Å²) in [6, 6.07) is 8.66. The monoisotopic (exact) mass is 219 g/mol. The van der Waals surface area contributed by atoms with Crippen molar-refractivity contribution in [1.82, 2.24) is 0 Å². The van der Waals surface area contributed by atoms with E-state index in [2.05, 4.69) is 24.0 Å². The number of rotatable bonds is 2. The van der Waals surface area contributed by atoms with Gasteiger partial charge >= 0.3 is 5.97 Å². The molecule has 0 bridgehead atoms. The number of hydrogen-bond donors (Lipinski definition) is 0. The third kappa shape index (κ3) is 1.90. The predicted octanol–water partition coefficient (Wildman–Crippen LogP) is 2.35. The molecule has 0 aliphatic carbocycles. The van der Waals surface area contributed by atoms with Crippen molar-refractivity contribution in [2.45, 2.75) is 39.5 Å². The largest absolute Gasteiger partial charge is 0.442 e. The standard InChI is InChI=1S/C13H17NO2/c1-9-8-12-6-4-5-7-13(12)14(9)10(2)16-11(3)15/h4-7,9-10H,8H2,1-3H3. The first-order valence-corrected chi connectivity index (χ1v) is 5.63. The normalized spacial score (nSPS) is 20.4. The number of nitrogens with zero attached hydrogens (tertiary/aromatic N) is 1. The van der Waals surface area contributed by atoms with Crippen molar-refractivity contribution in [3.05, 3.63) is 29.8 Å². The van der Waals surface area contributed by atoms with Gasteiger partial charge in [0.05, 0.1) is 0 Å². The summed E-state index contributed by atoms with van der Waals surface area (Å²) in [6.45, 7) is 5.52. The minimum Gasteiger partial charge on any atom is -0.442 e. The van der Waals surface area contributed by atoms with Crippen molar-refractivity contribution < 1.29 is 9.53 Å². The van der Waals surface area contributed by atoms with E-state index in [1.807, 2.05) is 19.1 Å². The van der Waals surface area contributed by atoms with Crippen molar-refractivity contribution in [3.63, 3.8) is 0 Å². The van der Waals surface area contributed by atoms with Crippen LogP contribution >= 0.6 is 0 Å². The van der Waals surface area contributed by atoms with E-state index in [1.165, 1.54) is 18.2 Å². The van der Waals surface area contributed by atoms with Gasteiger partial charge in [-0.25, -0.2) is 0 Å². The van der Waals surface area contributed by atoms with E-state index in [9.17, 15) is 4.79 Å². The second-order valence-corrected chi connectivity index (χ2v) is 4.30. The number of carbonyl (C=O) groups excluding carboxylic acids is 1. The van der Waals surface area contributed by atoms with E-state index < -0.39 is 0 Å². The van der Waals surface area contributed by atoms with Gasteiger partial charge in [0.25, 0.3) is 0 Å². The molecule has 0 N–H and O–H groups in total.